The molecule has 0 aliphatic rings. The van der Waals surface area contributed by atoms with Crippen LogP contribution in [0.5, 0.6) is 17.4 Å². The lowest BCUT2D eigenvalue weighted by molar-refractivity contribution is -0.385. The van der Waals surface area contributed by atoms with Crippen molar-refractivity contribution in [2.45, 2.75) is 0 Å². The maximum absolute atomic E-state index is 12.0. The number of methoxy groups -OCH3 is 3. The molecule has 3 rings (SSSR count). The lowest BCUT2D eigenvalue weighted by Crippen LogP contribution is -2.09. The van der Waals surface area contributed by atoms with Crippen LogP contribution in [0.3, 0.4) is 0 Å². The Kier molecular flexibility index (Phi) is 6.98. The fourth-order valence-corrected chi connectivity index (χ4v) is 2.81. The molecule has 1 N–H and O–H groups in total. The van der Waals surface area contributed by atoms with Crippen LogP contribution in [0.2, 0.25) is 0 Å². The van der Waals surface area contributed by atoms with Crippen LogP contribution in [0, 0.1) is 10.1 Å². The van der Waals surface area contributed by atoms with Crippen molar-refractivity contribution in [1.29, 1.82) is 0 Å². The monoisotopic (exact) mass is 454 g/mol. The van der Waals surface area contributed by atoms with Gasteiger partial charge in [-0.25, -0.2) is 14.6 Å². The number of ether oxygens (including phenoxy) is 4. The number of carbonyl (C=O) groups is 2. The van der Waals surface area contributed by atoms with Gasteiger partial charge in [0.25, 0.3) is 0 Å². The number of hydrogen-bond acceptors (Lipinski definition) is 11. The summed E-state index contributed by atoms with van der Waals surface area (Å²) in [6, 6.07) is 10.5. The van der Waals surface area contributed by atoms with Gasteiger partial charge in [0, 0.05) is 5.69 Å². The van der Waals surface area contributed by atoms with E-state index in [1.807, 2.05) is 0 Å². The van der Waals surface area contributed by atoms with E-state index < -0.39 is 22.5 Å². The predicted molar refractivity (Wildman–Crippen MR) is 114 cm³/mol. The number of nitrogens with zero attached hydrogens (tertiary/aromatic N) is 3. The van der Waals surface area contributed by atoms with Gasteiger partial charge in [0.2, 0.25) is 5.82 Å². The highest BCUT2D eigenvalue weighted by Crippen LogP contribution is 2.38. The molecule has 1 heterocycles. The first-order valence-electron chi connectivity index (χ1n) is 9.27. The average Bonchev–Trinajstić information content (AvgIpc) is 2.83. The van der Waals surface area contributed by atoms with E-state index in [4.69, 9.17) is 18.9 Å². The van der Waals surface area contributed by atoms with Gasteiger partial charge >= 0.3 is 23.5 Å². The number of para-hydroxylation sites is 2. The Hall–Kier alpha value is -4.74. The fourth-order valence-electron chi connectivity index (χ4n) is 2.81. The first-order valence-corrected chi connectivity index (χ1v) is 9.27. The summed E-state index contributed by atoms with van der Waals surface area (Å²) in [4.78, 5) is 42.9. The number of rotatable bonds is 8. The van der Waals surface area contributed by atoms with Gasteiger partial charge in [0.05, 0.1) is 37.4 Å². The Morgan fingerprint density at radius 2 is 1.55 bits per heavy atom. The molecular weight excluding hydrogens is 436 g/mol. The van der Waals surface area contributed by atoms with Crippen LogP contribution in [0.25, 0.3) is 0 Å². The van der Waals surface area contributed by atoms with E-state index in [9.17, 15) is 19.7 Å². The number of benzene rings is 2. The summed E-state index contributed by atoms with van der Waals surface area (Å²) >= 11 is 0. The maximum Gasteiger partial charge on any atom is 0.373 e. The van der Waals surface area contributed by atoms with E-state index in [0.29, 0.717) is 5.75 Å². The highest BCUT2D eigenvalue weighted by atomic mass is 16.6. The average molecular weight is 454 g/mol. The van der Waals surface area contributed by atoms with E-state index in [1.165, 1.54) is 39.5 Å². The molecule has 0 unspecified atom stereocenters. The normalized spacial score (nSPS) is 10.2. The summed E-state index contributed by atoms with van der Waals surface area (Å²) in [5.74, 6) is -1.48. The molecule has 12 heteroatoms. The molecular formula is C21H18N4O8. The third-order valence-electron chi connectivity index (χ3n) is 4.28. The second-order valence-corrected chi connectivity index (χ2v) is 6.29. The van der Waals surface area contributed by atoms with Crippen molar-refractivity contribution >= 4 is 29.1 Å². The topological polar surface area (TPSA) is 152 Å². The van der Waals surface area contributed by atoms with Crippen molar-refractivity contribution in [1.82, 2.24) is 9.97 Å². The Bertz CT molecular complexity index is 1180. The zero-order valence-electron chi connectivity index (χ0n) is 17.7. The summed E-state index contributed by atoms with van der Waals surface area (Å²) in [5, 5.41) is 14.6. The summed E-state index contributed by atoms with van der Waals surface area (Å²) in [7, 11) is 3.78. The number of nitro groups is 1. The molecule has 33 heavy (non-hydrogen) atoms. The first kappa shape index (κ1) is 22.9. The van der Waals surface area contributed by atoms with Gasteiger partial charge < -0.3 is 24.3 Å². The van der Waals surface area contributed by atoms with Crippen LogP contribution in [0.15, 0.2) is 48.8 Å². The van der Waals surface area contributed by atoms with Crippen molar-refractivity contribution in [2.24, 2.45) is 0 Å². The Labute approximate surface area is 187 Å². The predicted octanol–water partition coefficient (Wildman–Crippen LogP) is 3.50. The summed E-state index contributed by atoms with van der Waals surface area (Å²) < 4.78 is 20.2. The smallest absolute Gasteiger partial charge is 0.373 e. The third-order valence-corrected chi connectivity index (χ3v) is 4.28. The van der Waals surface area contributed by atoms with Crippen molar-refractivity contribution < 1.29 is 33.5 Å². The molecule has 0 atom stereocenters. The number of hydrogen-bond donors (Lipinski definition) is 1. The van der Waals surface area contributed by atoms with Crippen LogP contribution >= 0.6 is 0 Å². The van der Waals surface area contributed by atoms with Gasteiger partial charge in [-0.1, -0.05) is 12.1 Å². The van der Waals surface area contributed by atoms with E-state index in [-0.39, 0.29) is 34.3 Å². The van der Waals surface area contributed by atoms with Crippen molar-refractivity contribution in [3.05, 3.63) is 70.0 Å². The Balaban J connectivity index is 2.05. The Morgan fingerprint density at radius 1 is 0.939 bits per heavy atom. The third kappa shape index (κ3) is 5.12. The summed E-state index contributed by atoms with van der Waals surface area (Å²) in [6.07, 6.45) is 1.06. The van der Waals surface area contributed by atoms with Gasteiger partial charge in [0.15, 0.2) is 11.5 Å². The molecule has 0 saturated carbocycles. The zero-order valence-corrected chi connectivity index (χ0v) is 17.7. The number of aromatic nitrogens is 2. The minimum absolute atomic E-state index is 0.0186. The fraction of sp³-hybridized carbons (Fsp3) is 0.143. The van der Waals surface area contributed by atoms with Crippen LogP contribution in [0.1, 0.15) is 20.7 Å². The standard InChI is InChI=1S/C21H18N4O8/c1-30-15-6-4-5-7-16(15)33-19-17(25(28)29)18(22-11-23-19)24-14-9-12(20(26)31-2)8-13(10-14)21(27)32-3/h4-11H,1-3H3,(H,22,23,24). The molecule has 0 amide bonds. The van der Waals surface area contributed by atoms with E-state index >= 15 is 0 Å². The van der Waals surface area contributed by atoms with Crippen LogP contribution in [0.4, 0.5) is 17.2 Å². The van der Waals surface area contributed by atoms with Gasteiger partial charge in [-0.2, -0.15) is 4.98 Å². The number of carbonyl (C=O) groups excluding carboxylic acids is 2. The number of nitrogens with one attached hydrogen (secondary N) is 1. The molecule has 0 fully saturated rings. The lowest BCUT2D eigenvalue weighted by atomic mass is 10.1. The molecule has 12 nitrogen and oxygen atoms in total. The molecule has 2 aromatic carbocycles. The first-order chi connectivity index (χ1) is 15.9. The van der Waals surface area contributed by atoms with Gasteiger partial charge in [-0.15, -0.1) is 0 Å². The quantitative estimate of drug-likeness (QED) is 0.302. The maximum atomic E-state index is 12.0. The number of esters is 2. The molecule has 1 aromatic heterocycles. The zero-order chi connectivity index (χ0) is 24.0. The van der Waals surface area contributed by atoms with E-state index in [2.05, 4.69) is 15.3 Å². The molecule has 0 spiro atoms. The Morgan fingerprint density at radius 3 is 2.09 bits per heavy atom. The highest BCUT2D eigenvalue weighted by Gasteiger charge is 2.26. The van der Waals surface area contributed by atoms with Gasteiger partial charge in [-0.05, 0) is 30.3 Å². The minimum Gasteiger partial charge on any atom is -0.493 e. The van der Waals surface area contributed by atoms with Crippen molar-refractivity contribution in [3.8, 4) is 17.4 Å². The van der Waals surface area contributed by atoms with Crippen LogP contribution in [-0.2, 0) is 9.47 Å². The molecule has 3 aromatic rings. The molecule has 0 aliphatic heterocycles. The van der Waals surface area contributed by atoms with E-state index in [1.54, 1.807) is 24.3 Å². The second kappa shape index (κ2) is 10.0. The van der Waals surface area contributed by atoms with Crippen molar-refractivity contribution in [3.63, 3.8) is 0 Å². The SMILES string of the molecule is COC(=O)c1cc(Nc2ncnc(Oc3ccccc3OC)c2[N+](=O)[O-])cc(C(=O)OC)c1. The van der Waals surface area contributed by atoms with Crippen LogP contribution in [-0.4, -0.2) is 48.2 Å². The molecule has 0 aliphatic carbocycles. The largest absolute Gasteiger partial charge is 0.493 e. The summed E-state index contributed by atoms with van der Waals surface area (Å²) in [5.41, 5.74) is -0.398. The van der Waals surface area contributed by atoms with Gasteiger partial charge in [0.1, 0.15) is 6.33 Å². The molecule has 0 saturated heterocycles. The second-order valence-electron chi connectivity index (χ2n) is 6.29. The number of anilines is 2. The van der Waals surface area contributed by atoms with E-state index in [0.717, 1.165) is 6.33 Å². The minimum atomic E-state index is -0.724. The lowest BCUT2D eigenvalue weighted by Gasteiger charge is -2.12. The summed E-state index contributed by atoms with van der Waals surface area (Å²) in [6.45, 7) is 0. The highest BCUT2D eigenvalue weighted by molar-refractivity contribution is 5.97. The van der Waals surface area contributed by atoms with Gasteiger partial charge in [-0.3, -0.25) is 10.1 Å². The van der Waals surface area contributed by atoms with Crippen molar-refractivity contribution in [2.75, 3.05) is 26.6 Å². The molecule has 0 radical (unpaired) electrons. The van der Waals surface area contributed by atoms with Crippen LogP contribution < -0.4 is 14.8 Å². The molecule has 170 valence electrons. The molecule has 0 bridgehead atoms.